The Hall–Kier alpha value is -3.47. The van der Waals surface area contributed by atoms with E-state index in [0.717, 1.165) is 30.6 Å². The molecule has 2 aromatic carbocycles. The first-order valence-corrected chi connectivity index (χ1v) is 13.2. The minimum atomic E-state index is -1.90. The molecule has 1 aliphatic carbocycles. The Bertz CT molecular complexity index is 1170. The average molecular weight is 518 g/mol. The van der Waals surface area contributed by atoms with Gasteiger partial charge < -0.3 is 20.1 Å². The van der Waals surface area contributed by atoms with Gasteiger partial charge in [0.25, 0.3) is 0 Å². The normalized spacial score (nSPS) is 16.3. The van der Waals surface area contributed by atoms with Crippen LogP contribution in [-0.4, -0.2) is 52.3 Å². The molecule has 1 aliphatic heterocycles. The highest BCUT2D eigenvalue weighted by atomic mass is 32.2. The first-order valence-electron chi connectivity index (χ1n) is 11.7. The van der Waals surface area contributed by atoms with Crippen LogP contribution in [-0.2, 0) is 25.2 Å². The fourth-order valence-corrected chi connectivity index (χ4v) is 5.17. The highest BCUT2D eigenvalue weighted by molar-refractivity contribution is 7.86. The lowest BCUT2D eigenvalue weighted by Gasteiger charge is -2.29. The molecule has 2 aromatic rings. The second-order valence-corrected chi connectivity index (χ2v) is 10.2. The highest BCUT2D eigenvalue weighted by Crippen LogP contribution is 2.34. The summed E-state index contributed by atoms with van der Waals surface area (Å²) < 4.78 is 37.8. The van der Waals surface area contributed by atoms with Crippen molar-refractivity contribution in [1.29, 1.82) is 0 Å². The van der Waals surface area contributed by atoms with Gasteiger partial charge in [0, 0.05) is 28.6 Å². The summed E-state index contributed by atoms with van der Waals surface area (Å²) in [4.78, 5) is 39.5. The SMILES string of the molecule is C[C@@H](C(=O)NC1CCCC1)N(C(=O)C[S@@](=O)CC(=O)Nc1ccc2c(c1)OCO2)c1ccccc1F. The number of carbonyl (C=O) groups excluding carboxylic acids is 3. The maximum atomic E-state index is 14.6. The molecule has 2 aliphatic rings. The molecule has 0 bridgehead atoms. The first kappa shape index (κ1) is 25.6. The van der Waals surface area contributed by atoms with Crippen molar-refractivity contribution in [3.8, 4) is 11.5 Å². The van der Waals surface area contributed by atoms with Gasteiger partial charge in [-0.25, -0.2) is 4.39 Å². The molecule has 3 amide bonds. The van der Waals surface area contributed by atoms with E-state index >= 15 is 0 Å². The maximum Gasteiger partial charge on any atom is 0.243 e. The lowest BCUT2D eigenvalue weighted by atomic mass is 10.1. The third-order valence-electron chi connectivity index (χ3n) is 6.08. The van der Waals surface area contributed by atoms with Crippen LogP contribution in [0.25, 0.3) is 0 Å². The summed E-state index contributed by atoms with van der Waals surface area (Å²) in [5.41, 5.74) is 0.344. The fraction of sp³-hybridized carbons (Fsp3) is 0.400. The highest BCUT2D eigenvalue weighted by Gasteiger charge is 2.32. The van der Waals surface area contributed by atoms with E-state index in [0.29, 0.717) is 17.2 Å². The Balaban J connectivity index is 1.41. The fourth-order valence-electron chi connectivity index (χ4n) is 4.29. The molecule has 0 radical (unpaired) electrons. The standard InChI is InChI=1S/C25H28FN3O6S/c1-16(25(32)28-17-6-2-3-7-17)29(20-9-5-4-8-19(20)26)24(31)14-36(33)13-23(30)27-18-10-11-21-22(12-18)35-15-34-21/h4-5,8-12,16-17H,2-3,6-7,13-15H2,1H3,(H,27,30)(H,28,32)/t16-,36-/m0/s1. The summed E-state index contributed by atoms with van der Waals surface area (Å²) in [7, 11) is -1.90. The van der Waals surface area contributed by atoms with Gasteiger partial charge in [-0.2, -0.15) is 0 Å². The molecule has 4 rings (SSSR count). The van der Waals surface area contributed by atoms with Crippen molar-refractivity contribution in [2.24, 2.45) is 0 Å². The van der Waals surface area contributed by atoms with Gasteiger partial charge in [-0.3, -0.25) is 23.5 Å². The Kier molecular flexibility index (Phi) is 8.19. The minimum Gasteiger partial charge on any atom is -0.454 e. The summed E-state index contributed by atoms with van der Waals surface area (Å²) in [5.74, 6) is -2.34. The quantitative estimate of drug-likeness (QED) is 0.529. The average Bonchev–Trinajstić information content (AvgIpc) is 3.51. The smallest absolute Gasteiger partial charge is 0.243 e. The summed E-state index contributed by atoms with van der Waals surface area (Å²) in [5, 5.41) is 5.53. The molecule has 9 nitrogen and oxygen atoms in total. The van der Waals surface area contributed by atoms with Crippen molar-refractivity contribution in [2.45, 2.75) is 44.7 Å². The molecule has 0 unspecified atom stereocenters. The number of anilines is 2. The zero-order valence-corrected chi connectivity index (χ0v) is 20.6. The second-order valence-electron chi connectivity index (χ2n) is 8.73. The van der Waals surface area contributed by atoms with Gasteiger partial charge >= 0.3 is 0 Å². The van der Waals surface area contributed by atoms with E-state index in [4.69, 9.17) is 9.47 Å². The van der Waals surface area contributed by atoms with Crippen LogP contribution < -0.4 is 25.0 Å². The van der Waals surface area contributed by atoms with E-state index < -0.39 is 51.9 Å². The van der Waals surface area contributed by atoms with Crippen LogP contribution in [0.5, 0.6) is 11.5 Å². The summed E-state index contributed by atoms with van der Waals surface area (Å²) >= 11 is 0. The zero-order chi connectivity index (χ0) is 25.7. The first-order chi connectivity index (χ1) is 17.3. The Morgan fingerprint density at radius 2 is 1.81 bits per heavy atom. The molecule has 192 valence electrons. The number of nitrogens with zero attached hydrogens (tertiary/aromatic N) is 1. The number of para-hydroxylation sites is 1. The van der Waals surface area contributed by atoms with E-state index in [1.807, 2.05) is 0 Å². The molecule has 0 aromatic heterocycles. The number of hydrogen-bond acceptors (Lipinski definition) is 6. The number of rotatable bonds is 9. The Morgan fingerprint density at radius 1 is 1.08 bits per heavy atom. The van der Waals surface area contributed by atoms with E-state index in [1.54, 1.807) is 24.3 Å². The topological polar surface area (TPSA) is 114 Å². The molecule has 11 heteroatoms. The molecule has 0 spiro atoms. The Labute approximate surface area is 210 Å². The lowest BCUT2D eigenvalue weighted by Crippen LogP contribution is -2.51. The van der Waals surface area contributed by atoms with E-state index in [-0.39, 0.29) is 18.5 Å². The van der Waals surface area contributed by atoms with Crippen LogP contribution >= 0.6 is 0 Å². The van der Waals surface area contributed by atoms with E-state index in [2.05, 4.69) is 10.6 Å². The number of carbonyl (C=O) groups is 3. The van der Waals surface area contributed by atoms with Gasteiger partial charge in [-0.15, -0.1) is 0 Å². The minimum absolute atomic E-state index is 0.0199. The van der Waals surface area contributed by atoms with Crippen LogP contribution in [0.4, 0.5) is 15.8 Å². The van der Waals surface area contributed by atoms with Crippen molar-refractivity contribution in [3.05, 3.63) is 48.3 Å². The number of benzene rings is 2. The predicted octanol–water partition coefficient (Wildman–Crippen LogP) is 2.72. The Morgan fingerprint density at radius 3 is 2.56 bits per heavy atom. The van der Waals surface area contributed by atoms with Crippen molar-refractivity contribution >= 4 is 39.9 Å². The molecule has 1 saturated carbocycles. The van der Waals surface area contributed by atoms with Crippen molar-refractivity contribution in [2.75, 3.05) is 28.5 Å². The van der Waals surface area contributed by atoms with Gasteiger partial charge in [0.1, 0.15) is 23.4 Å². The number of nitrogens with one attached hydrogen (secondary N) is 2. The van der Waals surface area contributed by atoms with E-state index in [1.165, 1.54) is 25.1 Å². The van der Waals surface area contributed by atoms with Crippen LogP contribution in [0.3, 0.4) is 0 Å². The van der Waals surface area contributed by atoms with Gasteiger partial charge in [0.05, 0.1) is 5.69 Å². The molecule has 0 saturated heterocycles. The summed E-state index contributed by atoms with van der Waals surface area (Å²) in [6.07, 6.45) is 3.74. The predicted molar refractivity (Wildman–Crippen MR) is 133 cm³/mol. The zero-order valence-electron chi connectivity index (χ0n) is 19.8. The van der Waals surface area contributed by atoms with Gasteiger partial charge in [-0.1, -0.05) is 25.0 Å². The van der Waals surface area contributed by atoms with Crippen LogP contribution in [0.2, 0.25) is 0 Å². The van der Waals surface area contributed by atoms with Crippen molar-refractivity contribution in [3.63, 3.8) is 0 Å². The molecule has 1 fully saturated rings. The van der Waals surface area contributed by atoms with Crippen LogP contribution in [0, 0.1) is 5.82 Å². The number of hydrogen-bond donors (Lipinski definition) is 2. The number of ether oxygens (including phenoxy) is 2. The molecule has 36 heavy (non-hydrogen) atoms. The van der Waals surface area contributed by atoms with Crippen LogP contribution in [0.1, 0.15) is 32.6 Å². The van der Waals surface area contributed by atoms with E-state index in [9.17, 15) is 23.0 Å². The molecule has 2 N–H and O–H groups in total. The summed E-state index contributed by atoms with van der Waals surface area (Å²) in [6.45, 7) is 1.60. The third-order valence-corrected chi connectivity index (χ3v) is 7.23. The lowest BCUT2D eigenvalue weighted by molar-refractivity contribution is -0.125. The third kappa shape index (κ3) is 6.20. The second kappa shape index (κ2) is 11.5. The summed E-state index contributed by atoms with van der Waals surface area (Å²) in [6, 6.07) is 9.43. The molecule has 2 atom stereocenters. The van der Waals surface area contributed by atoms with Crippen LogP contribution in [0.15, 0.2) is 42.5 Å². The van der Waals surface area contributed by atoms with Gasteiger partial charge in [0.15, 0.2) is 11.5 Å². The van der Waals surface area contributed by atoms with Crippen molar-refractivity contribution in [1.82, 2.24) is 5.32 Å². The largest absolute Gasteiger partial charge is 0.454 e. The molecular weight excluding hydrogens is 489 g/mol. The maximum absolute atomic E-state index is 14.6. The monoisotopic (exact) mass is 517 g/mol. The van der Waals surface area contributed by atoms with Gasteiger partial charge in [-0.05, 0) is 44.0 Å². The number of fused-ring (bicyclic) bond motifs is 1. The van der Waals surface area contributed by atoms with Crippen molar-refractivity contribution < 1.29 is 32.5 Å². The number of halogens is 1. The molecular formula is C25H28FN3O6S. The van der Waals surface area contributed by atoms with Gasteiger partial charge in [0.2, 0.25) is 24.5 Å². The number of amides is 3. The molecule has 1 heterocycles.